The predicted molar refractivity (Wildman–Crippen MR) is 105 cm³/mol. The Morgan fingerprint density at radius 3 is 2.69 bits per heavy atom. The van der Waals surface area contributed by atoms with Gasteiger partial charge in [-0.3, -0.25) is 9.59 Å². The van der Waals surface area contributed by atoms with E-state index in [1.54, 1.807) is 0 Å². The Balaban J connectivity index is 1.29. The number of epoxide rings is 1. The molecule has 29 heavy (non-hydrogen) atoms. The van der Waals surface area contributed by atoms with E-state index in [4.69, 9.17) is 14.2 Å². The van der Waals surface area contributed by atoms with E-state index in [2.05, 4.69) is 20.8 Å². The van der Waals surface area contributed by atoms with Gasteiger partial charge in [-0.05, 0) is 61.7 Å². The van der Waals surface area contributed by atoms with E-state index in [0.29, 0.717) is 29.8 Å². The fourth-order valence-electron chi connectivity index (χ4n) is 9.42. The molecule has 2 heterocycles. The number of esters is 2. The maximum absolute atomic E-state index is 12.2. The van der Waals surface area contributed by atoms with Gasteiger partial charge in [0.05, 0.1) is 12.0 Å². The lowest BCUT2D eigenvalue weighted by molar-refractivity contribution is -0.158. The number of rotatable bonds is 1. The van der Waals surface area contributed by atoms with Gasteiger partial charge in [0.25, 0.3) is 0 Å². The van der Waals surface area contributed by atoms with Crippen molar-refractivity contribution in [1.82, 2.24) is 0 Å². The van der Waals surface area contributed by atoms with Crippen LogP contribution in [0.25, 0.3) is 0 Å². The molecule has 0 bridgehead atoms. The topological polar surface area (TPSA) is 65.1 Å². The maximum atomic E-state index is 12.2. The van der Waals surface area contributed by atoms with Crippen molar-refractivity contribution in [3.8, 4) is 0 Å². The molecule has 6 fully saturated rings. The van der Waals surface area contributed by atoms with Gasteiger partial charge in [-0.15, -0.1) is 0 Å². The van der Waals surface area contributed by atoms with Crippen LogP contribution in [0.3, 0.4) is 0 Å². The van der Waals surface area contributed by atoms with Crippen molar-refractivity contribution >= 4 is 11.9 Å². The average molecular weight is 403 g/mol. The molecule has 5 heteroatoms. The summed E-state index contributed by atoms with van der Waals surface area (Å²) in [4.78, 5) is 23.7. The van der Waals surface area contributed by atoms with E-state index in [1.165, 1.54) is 19.8 Å². The number of hydrogen-bond donors (Lipinski definition) is 0. The maximum Gasteiger partial charge on any atom is 0.309 e. The fraction of sp³-hybridized carbons (Fsp3) is 0.917. The van der Waals surface area contributed by atoms with Crippen molar-refractivity contribution in [3.63, 3.8) is 0 Å². The minimum atomic E-state index is -0.171. The number of hydrogen-bond acceptors (Lipinski definition) is 5. The second-order valence-electron chi connectivity index (χ2n) is 11.6. The van der Waals surface area contributed by atoms with Gasteiger partial charge in [-0.25, -0.2) is 0 Å². The highest BCUT2D eigenvalue weighted by atomic mass is 16.6. The van der Waals surface area contributed by atoms with E-state index in [1.807, 2.05) is 0 Å². The first-order valence-corrected chi connectivity index (χ1v) is 11.8. The zero-order chi connectivity index (χ0) is 20.3. The quantitative estimate of drug-likeness (QED) is 0.492. The molecule has 6 aliphatic rings. The molecule has 2 saturated heterocycles. The van der Waals surface area contributed by atoms with Gasteiger partial charge in [0.1, 0.15) is 17.8 Å². The summed E-state index contributed by atoms with van der Waals surface area (Å²) in [5, 5.41) is 0. The smallest absolute Gasteiger partial charge is 0.309 e. The summed E-state index contributed by atoms with van der Waals surface area (Å²) >= 11 is 0. The van der Waals surface area contributed by atoms with E-state index >= 15 is 0 Å². The molecule has 2 aliphatic heterocycles. The summed E-state index contributed by atoms with van der Waals surface area (Å²) in [6.07, 6.45) is 7.99. The lowest BCUT2D eigenvalue weighted by Gasteiger charge is -2.59. The number of ether oxygens (including phenoxy) is 3. The fourth-order valence-corrected chi connectivity index (χ4v) is 9.42. The Kier molecular flexibility index (Phi) is 3.58. The number of fused-ring (bicyclic) bond motifs is 6. The molecule has 160 valence electrons. The van der Waals surface area contributed by atoms with Crippen LogP contribution < -0.4 is 0 Å². The Labute approximate surface area is 173 Å². The first kappa shape index (κ1) is 18.7. The Hall–Kier alpha value is -1.10. The predicted octanol–water partition coefficient (Wildman–Crippen LogP) is 3.88. The van der Waals surface area contributed by atoms with E-state index < -0.39 is 0 Å². The molecule has 0 radical (unpaired) electrons. The third-order valence-corrected chi connectivity index (χ3v) is 10.6. The molecule has 0 amide bonds. The van der Waals surface area contributed by atoms with E-state index in [9.17, 15) is 9.59 Å². The SMILES string of the molecule is CC(=O)O[C@H]1CC[C@]2(C)[C@H]3CC[C@]4(C)C5C(C[C@H]4[C@@H]3CC3OC32C1)OC(=O)C5C. The van der Waals surface area contributed by atoms with Crippen LogP contribution in [0, 0.1) is 40.4 Å². The minimum Gasteiger partial charge on any atom is -0.462 e. The normalized spacial score (nSPS) is 59.5. The van der Waals surface area contributed by atoms with Gasteiger partial charge in [0.2, 0.25) is 0 Å². The molecule has 6 rings (SSSR count). The Morgan fingerprint density at radius 2 is 1.93 bits per heavy atom. The molecule has 11 atom stereocenters. The summed E-state index contributed by atoms with van der Waals surface area (Å²) in [6.45, 7) is 8.52. The zero-order valence-corrected chi connectivity index (χ0v) is 18.1. The monoisotopic (exact) mass is 402 g/mol. The summed E-state index contributed by atoms with van der Waals surface area (Å²) in [7, 11) is 0. The van der Waals surface area contributed by atoms with E-state index in [0.717, 1.165) is 32.1 Å². The molecule has 4 saturated carbocycles. The summed E-state index contributed by atoms with van der Waals surface area (Å²) in [6, 6.07) is 0. The molecular formula is C24H34O5. The molecule has 5 nitrogen and oxygen atoms in total. The lowest BCUT2D eigenvalue weighted by Crippen LogP contribution is -2.59. The minimum absolute atomic E-state index is 0.0158. The highest BCUT2D eigenvalue weighted by Crippen LogP contribution is 2.75. The molecule has 0 aromatic heterocycles. The van der Waals surface area contributed by atoms with Crippen molar-refractivity contribution in [1.29, 1.82) is 0 Å². The summed E-state index contributed by atoms with van der Waals surface area (Å²) < 4.78 is 18.0. The second-order valence-corrected chi connectivity index (χ2v) is 11.6. The largest absolute Gasteiger partial charge is 0.462 e. The van der Waals surface area contributed by atoms with Crippen LogP contribution in [0.4, 0.5) is 0 Å². The second kappa shape index (κ2) is 5.57. The van der Waals surface area contributed by atoms with Crippen molar-refractivity contribution in [3.05, 3.63) is 0 Å². The van der Waals surface area contributed by atoms with Gasteiger partial charge in [-0.2, -0.15) is 0 Å². The van der Waals surface area contributed by atoms with Crippen LogP contribution in [0.2, 0.25) is 0 Å². The summed E-state index contributed by atoms with van der Waals surface area (Å²) in [5.74, 6) is 2.25. The molecular weight excluding hydrogens is 368 g/mol. The molecule has 1 spiro atoms. The molecule has 5 unspecified atom stereocenters. The third-order valence-electron chi connectivity index (χ3n) is 10.6. The van der Waals surface area contributed by atoms with Crippen LogP contribution in [0.1, 0.15) is 72.6 Å². The van der Waals surface area contributed by atoms with Gasteiger partial charge in [0, 0.05) is 24.7 Å². The average Bonchev–Trinajstić information content (AvgIpc) is 3.15. The van der Waals surface area contributed by atoms with Gasteiger partial charge >= 0.3 is 11.9 Å². The van der Waals surface area contributed by atoms with Crippen LogP contribution in [0.5, 0.6) is 0 Å². The van der Waals surface area contributed by atoms with Crippen molar-refractivity contribution in [2.24, 2.45) is 40.4 Å². The van der Waals surface area contributed by atoms with Crippen LogP contribution in [0.15, 0.2) is 0 Å². The van der Waals surface area contributed by atoms with Gasteiger partial charge in [0.15, 0.2) is 0 Å². The van der Waals surface area contributed by atoms with E-state index in [-0.39, 0.29) is 46.5 Å². The molecule has 4 aliphatic carbocycles. The van der Waals surface area contributed by atoms with Crippen LogP contribution >= 0.6 is 0 Å². The molecule has 0 aromatic rings. The van der Waals surface area contributed by atoms with Crippen molar-refractivity contribution in [2.75, 3.05) is 0 Å². The van der Waals surface area contributed by atoms with Gasteiger partial charge < -0.3 is 14.2 Å². The number of carbonyl (C=O) groups excluding carboxylic acids is 2. The highest BCUT2D eigenvalue weighted by molar-refractivity contribution is 5.75. The Morgan fingerprint density at radius 1 is 1.14 bits per heavy atom. The first-order chi connectivity index (χ1) is 13.7. The van der Waals surface area contributed by atoms with Crippen LogP contribution in [-0.2, 0) is 23.8 Å². The first-order valence-electron chi connectivity index (χ1n) is 11.8. The molecule has 0 N–H and O–H groups in total. The van der Waals surface area contributed by atoms with Gasteiger partial charge in [-0.1, -0.05) is 20.8 Å². The molecule has 0 aromatic carbocycles. The third kappa shape index (κ3) is 2.16. The standard InChI is InChI=1S/C24H34O5/c1-12-20-18(28-21(12)26)10-17-15-9-19-24(29-19)11-14(27-13(2)25)5-8-23(24,4)16(15)6-7-22(17,20)3/h12,14-20H,5-11H2,1-4H3/t12?,14-,15+,16-,17-,18?,19?,20?,22-,23+,24?/m0/s1. The van der Waals surface area contributed by atoms with Crippen molar-refractivity contribution < 1.29 is 23.8 Å². The zero-order valence-electron chi connectivity index (χ0n) is 18.1. The summed E-state index contributed by atoms with van der Waals surface area (Å²) in [5.41, 5.74) is 0.324. The highest BCUT2D eigenvalue weighted by Gasteiger charge is 2.77. The Bertz CT molecular complexity index is 779. The van der Waals surface area contributed by atoms with Crippen molar-refractivity contribution in [2.45, 2.75) is 96.6 Å². The lowest BCUT2D eigenvalue weighted by atomic mass is 9.44. The van der Waals surface area contributed by atoms with Crippen LogP contribution in [-0.4, -0.2) is 35.9 Å². The number of carbonyl (C=O) groups is 2.